The average molecular weight is 497 g/mol. The fraction of sp³-hybridized carbons (Fsp3) is 0.105. The quantitative estimate of drug-likeness (QED) is 0.363. The number of rotatable bonds is 5. The number of nitrogens with zero attached hydrogens (tertiary/aromatic N) is 2. The van der Waals surface area contributed by atoms with Gasteiger partial charge in [0.2, 0.25) is 0 Å². The van der Waals surface area contributed by atoms with Gasteiger partial charge in [0.15, 0.2) is 5.16 Å². The Balaban J connectivity index is 2.06. The molecule has 0 aliphatic carbocycles. The zero-order valence-corrected chi connectivity index (χ0v) is 18.3. The van der Waals surface area contributed by atoms with Crippen LogP contribution in [0.15, 0.2) is 50.8 Å². The maximum Gasteiger partial charge on any atom is 0.270 e. The number of hydrogen-bond acceptors (Lipinski definition) is 5. The molecule has 0 aliphatic heterocycles. The largest absolute Gasteiger partial charge is 0.488 e. The summed E-state index contributed by atoms with van der Waals surface area (Å²) in [5.74, 6) is 0.468. The van der Waals surface area contributed by atoms with Crippen LogP contribution in [0.3, 0.4) is 0 Å². The molecular formula is C19H12BrCl2N3O2S. The molecule has 0 radical (unpaired) electrons. The number of benzene rings is 2. The molecule has 142 valence electrons. The van der Waals surface area contributed by atoms with Crippen LogP contribution in [0.4, 0.5) is 0 Å². The normalized spacial score (nSPS) is 10.5. The molecule has 0 amide bonds. The molecule has 0 bridgehead atoms. The predicted molar refractivity (Wildman–Crippen MR) is 115 cm³/mol. The second-order valence-electron chi connectivity index (χ2n) is 5.58. The van der Waals surface area contributed by atoms with Gasteiger partial charge in [-0.2, -0.15) is 5.26 Å². The summed E-state index contributed by atoms with van der Waals surface area (Å²) in [4.78, 5) is 19.3. The molecule has 0 unspecified atom stereocenters. The highest BCUT2D eigenvalue weighted by molar-refractivity contribution is 9.10. The number of nitrogens with one attached hydrogen (secondary N) is 1. The van der Waals surface area contributed by atoms with E-state index in [0.29, 0.717) is 26.5 Å². The van der Waals surface area contributed by atoms with E-state index < -0.39 is 5.56 Å². The monoisotopic (exact) mass is 495 g/mol. The summed E-state index contributed by atoms with van der Waals surface area (Å²) in [7, 11) is 0. The topological polar surface area (TPSA) is 78.8 Å². The molecule has 1 N–H and O–H groups in total. The van der Waals surface area contributed by atoms with Crippen LogP contribution in [-0.2, 0) is 6.61 Å². The molecule has 5 nitrogen and oxygen atoms in total. The van der Waals surface area contributed by atoms with E-state index in [2.05, 4.69) is 25.9 Å². The molecule has 0 fully saturated rings. The molecule has 28 heavy (non-hydrogen) atoms. The first kappa shape index (κ1) is 20.7. The summed E-state index contributed by atoms with van der Waals surface area (Å²) >= 11 is 16.8. The van der Waals surface area contributed by atoms with Gasteiger partial charge < -0.3 is 9.72 Å². The highest BCUT2D eigenvalue weighted by atomic mass is 79.9. The Morgan fingerprint density at radius 2 is 2.07 bits per heavy atom. The number of ether oxygens (including phenoxy) is 1. The van der Waals surface area contributed by atoms with E-state index in [1.165, 1.54) is 11.8 Å². The molecule has 0 aliphatic rings. The van der Waals surface area contributed by atoms with Crippen molar-refractivity contribution < 1.29 is 4.74 Å². The lowest BCUT2D eigenvalue weighted by atomic mass is 10.1. The molecule has 3 rings (SSSR count). The third-order valence-electron chi connectivity index (χ3n) is 3.80. The summed E-state index contributed by atoms with van der Waals surface area (Å²) in [6.45, 7) is 0.186. The van der Waals surface area contributed by atoms with Gasteiger partial charge in [0, 0.05) is 25.6 Å². The highest BCUT2D eigenvalue weighted by Gasteiger charge is 2.18. The molecule has 0 atom stereocenters. The van der Waals surface area contributed by atoms with E-state index in [1.54, 1.807) is 42.7 Å². The van der Waals surface area contributed by atoms with Crippen molar-refractivity contribution in [3.05, 3.63) is 72.4 Å². The maximum absolute atomic E-state index is 12.3. The molecule has 0 saturated heterocycles. The summed E-state index contributed by atoms with van der Waals surface area (Å²) in [6, 6.07) is 12.4. The van der Waals surface area contributed by atoms with Crippen molar-refractivity contribution in [2.24, 2.45) is 0 Å². The van der Waals surface area contributed by atoms with Crippen molar-refractivity contribution in [3.8, 4) is 23.1 Å². The smallest absolute Gasteiger partial charge is 0.270 e. The van der Waals surface area contributed by atoms with E-state index in [9.17, 15) is 10.1 Å². The van der Waals surface area contributed by atoms with Crippen LogP contribution in [0.2, 0.25) is 10.0 Å². The molecule has 9 heteroatoms. The van der Waals surface area contributed by atoms with Gasteiger partial charge in [-0.1, -0.05) is 57.0 Å². The molecular weight excluding hydrogens is 485 g/mol. The van der Waals surface area contributed by atoms with E-state index >= 15 is 0 Å². The molecule has 2 aromatic carbocycles. The average Bonchev–Trinajstić information content (AvgIpc) is 2.67. The number of hydrogen-bond donors (Lipinski definition) is 1. The standard InChI is InChI=1S/C19H12BrCl2N3O2S/c1-28-19-24-17(14(8-23)18(26)25-19)13-6-11(20)3-5-16(13)27-9-10-2-4-12(21)7-15(10)22/h2-7H,9H2,1H3,(H,24,25,26). The van der Waals surface area contributed by atoms with Crippen LogP contribution in [0.25, 0.3) is 11.3 Å². The Morgan fingerprint density at radius 3 is 2.75 bits per heavy atom. The number of thioether (sulfide) groups is 1. The summed E-state index contributed by atoms with van der Waals surface area (Å²) in [6.07, 6.45) is 1.79. The van der Waals surface area contributed by atoms with Crippen molar-refractivity contribution in [2.45, 2.75) is 11.8 Å². The molecule has 0 saturated carbocycles. The van der Waals surface area contributed by atoms with Crippen LogP contribution >= 0.6 is 50.9 Å². The van der Waals surface area contributed by atoms with Crippen molar-refractivity contribution in [1.82, 2.24) is 9.97 Å². The highest BCUT2D eigenvalue weighted by Crippen LogP contribution is 2.34. The second-order valence-corrected chi connectivity index (χ2v) is 8.13. The molecule has 3 aromatic rings. The lowest BCUT2D eigenvalue weighted by Gasteiger charge is -2.14. The summed E-state index contributed by atoms with van der Waals surface area (Å²) in [5.41, 5.74) is 0.962. The van der Waals surface area contributed by atoms with Crippen LogP contribution in [0.5, 0.6) is 5.75 Å². The van der Waals surface area contributed by atoms with Gasteiger partial charge in [0.05, 0.1) is 0 Å². The summed E-state index contributed by atoms with van der Waals surface area (Å²) in [5, 5.41) is 10.9. The number of halogens is 3. The van der Waals surface area contributed by atoms with Crippen LogP contribution in [0.1, 0.15) is 11.1 Å². The number of nitriles is 1. The van der Waals surface area contributed by atoms with Crippen molar-refractivity contribution >= 4 is 50.9 Å². The van der Waals surface area contributed by atoms with Gasteiger partial charge in [-0.05, 0) is 36.6 Å². The first-order chi connectivity index (χ1) is 13.4. The zero-order chi connectivity index (χ0) is 20.3. The van der Waals surface area contributed by atoms with Crippen molar-refractivity contribution in [1.29, 1.82) is 5.26 Å². The minimum Gasteiger partial charge on any atom is -0.488 e. The lowest BCUT2D eigenvalue weighted by Crippen LogP contribution is -2.15. The van der Waals surface area contributed by atoms with Gasteiger partial charge in [-0.25, -0.2) is 4.98 Å². The fourth-order valence-corrected chi connectivity index (χ4v) is 3.66. The van der Waals surface area contributed by atoms with E-state index in [-0.39, 0.29) is 17.9 Å². The summed E-state index contributed by atoms with van der Waals surface area (Å²) < 4.78 is 6.71. The van der Waals surface area contributed by atoms with Gasteiger partial charge in [0.1, 0.15) is 29.7 Å². The van der Waals surface area contributed by atoms with E-state index in [0.717, 1.165) is 10.0 Å². The third-order valence-corrected chi connectivity index (χ3v) is 5.46. The Morgan fingerprint density at radius 1 is 1.29 bits per heavy atom. The molecule has 1 heterocycles. The third kappa shape index (κ3) is 4.53. The van der Waals surface area contributed by atoms with Crippen LogP contribution in [-0.4, -0.2) is 16.2 Å². The lowest BCUT2D eigenvalue weighted by molar-refractivity contribution is 0.307. The molecule has 0 spiro atoms. The fourth-order valence-electron chi connectivity index (χ4n) is 2.46. The Labute approximate surface area is 183 Å². The van der Waals surface area contributed by atoms with Crippen molar-refractivity contribution in [3.63, 3.8) is 0 Å². The van der Waals surface area contributed by atoms with Gasteiger partial charge in [0.25, 0.3) is 5.56 Å². The van der Waals surface area contributed by atoms with E-state index in [1.807, 2.05) is 6.07 Å². The Bertz CT molecular complexity index is 1140. The SMILES string of the molecule is CSc1nc(-c2cc(Br)ccc2OCc2ccc(Cl)cc2Cl)c(C#N)c(=O)[nH]1. The number of aromatic nitrogens is 2. The Kier molecular flexibility index (Phi) is 6.68. The minimum absolute atomic E-state index is 0.0784. The number of aromatic amines is 1. The van der Waals surface area contributed by atoms with Crippen molar-refractivity contribution in [2.75, 3.05) is 6.26 Å². The minimum atomic E-state index is -0.497. The predicted octanol–water partition coefficient (Wildman–Crippen LogP) is 5.68. The Hall–Kier alpha value is -1.98. The first-order valence-corrected chi connectivity index (χ1v) is 10.7. The second kappa shape index (κ2) is 9.01. The van der Waals surface area contributed by atoms with Crippen LogP contribution < -0.4 is 10.3 Å². The first-order valence-electron chi connectivity index (χ1n) is 7.88. The van der Waals surface area contributed by atoms with Gasteiger partial charge in [-0.3, -0.25) is 4.79 Å². The van der Waals surface area contributed by atoms with Gasteiger partial charge >= 0.3 is 0 Å². The zero-order valence-electron chi connectivity index (χ0n) is 14.4. The van der Waals surface area contributed by atoms with Crippen LogP contribution in [0, 0.1) is 11.3 Å². The van der Waals surface area contributed by atoms with Gasteiger partial charge in [-0.15, -0.1) is 0 Å². The molecule has 1 aromatic heterocycles. The number of H-pyrrole nitrogens is 1. The maximum atomic E-state index is 12.3. The van der Waals surface area contributed by atoms with E-state index in [4.69, 9.17) is 27.9 Å².